The van der Waals surface area contributed by atoms with Crippen molar-refractivity contribution < 1.29 is 14.4 Å². The second-order valence-corrected chi connectivity index (χ2v) is 5.18. The van der Waals surface area contributed by atoms with Crippen LogP contribution < -0.4 is 10.6 Å². The van der Waals surface area contributed by atoms with Crippen LogP contribution in [0.15, 0.2) is 48.5 Å². The molecule has 5 heteroatoms. The van der Waals surface area contributed by atoms with E-state index in [1.807, 2.05) is 19.1 Å². The lowest BCUT2D eigenvalue weighted by atomic mass is 10.1. The first kappa shape index (κ1) is 16.4. The van der Waals surface area contributed by atoms with Gasteiger partial charge in [0.15, 0.2) is 5.78 Å². The average Bonchev–Trinajstić information content (AvgIpc) is 2.53. The molecule has 0 fully saturated rings. The van der Waals surface area contributed by atoms with E-state index < -0.39 is 0 Å². The molecule has 0 radical (unpaired) electrons. The van der Waals surface area contributed by atoms with E-state index in [1.54, 1.807) is 36.4 Å². The van der Waals surface area contributed by atoms with E-state index in [4.69, 9.17) is 0 Å². The molecule has 5 nitrogen and oxygen atoms in total. The molecular formula is C18H18N2O3. The van der Waals surface area contributed by atoms with Gasteiger partial charge in [-0.3, -0.25) is 14.4 Å². The summed E-state index contributed by atoms with van der Waals surface area (Å²) >= 11 is 0. The maximum absolute atomic E-state index is 12.0. The van der Waals surface area contributed by atoms with E-state index in [0.29, 0.717) is 16.8 Å². The molecule has 0 bridgehead atoms. The van der Waals surface area contributed by atoms with Crippen LogP contribution in [0.5, 0.6) is 0 Å². The van der Waals surface area contributed by atoms with E-state index in [2.05, 4.69) is 10.6 Å². The molecule has 2 aromatic carbocycles. The Balaban J connectivity index is 1.93. The third-order valence-electron chi connectivity index (χ3n) is 3.35. The van der Waals surface area contributed by atoms with Crippen LogP contribution in [0.1, 0.15) is 33.2 Å². The lowest BCUT2D eigenvalue weighted by Crippen LogP contribution is -2.33. The van der Waals surface area contributed by atoms with Gasteiger partial charge in [0.05, 0.1) is 6.54 Å². The fraction of sp³-hybridized carbons (Fsp3) is 0.167. The number of carbonyl (C=O) groups is 3. The molecule has 0 spiro atoms. The summed E-state index contributed by atoms with van der Waals surface area (Å²) in [7, 11) is 0. The summed E-state index contributed by atoms with van der Waals surface area (Å²) in [5, 5.41) is 5.23. The van der Waals surface area contributed by atoms with Crippen molar-refractivity contribution in [3.8, 4) is 0 Å². The van der Waals surface area contributed by atoms with Gasteiger partial charge in [-0.05, 0) is 37.6 Å². The number of amides is 2. The minimum absolute atomic E-state index is 0.0750. The van der Waals surface area contributed by atoms with Crippen molar-refractivity contribution >= 4 is 23.3 Å². The van der Waals surface area contributed by atoms with Gasteiger partial charge in [0, 0.05) is 16.8 Å². The first-order chi connectivity index (χ1) is 11.0. The molecule has 0 aromatic heterocycles. The van der Waals surface area contributed by atoms with E-state index >= 15 is 0 Å². The third-order valence-corrected chi connectivity index (χ3v) is 3.35. The zero-order valence-electron chi connectivity index (χ0n) is 13.1. The van der Waals surface area contributed by atoms with Crippen molar-refractivity contribution in [3.63, 3.8) is 0 Å². The summed E-state index contributed by atoms with van der Waals surface area (Å²) < 4.78 is 0. The van der Waals surface area contributed by atoms with E-state index in [9.17, 15) is 14.4 Å². The minimum atomic E-state index is -0.354. The van der Waals surface area contributed by atoms with Crippen LogP contribution in [0.2, 0.25) is 0 Å². The van der Waals surface area contributed by atoms with E-state index in [0.717, 1.165) is 5.56 Å². The fourth-order valence-corrected chi connectivity index (χ4v) is 2.10. The number of hydrogen-bond acceptors (Lipinski definition) is 3. The van der Waals surface area contributed by atoms with Crippen molar-refractivity contribution in [2.24, 2.45) is 0 Å². The molecule has 0 saturated heterocycles. The Bertz CT molecular complexity index is 753. The van der Waals surface area contributed by atoms with Crippen LogP contribution in [0.3, 0.4) is 0 Å². The lowest BCUT2D eigenvalue weighted by molar-refractivity contribution is -0.115. The number of Topliss-reactive ketones (excluding diaryl/α,β-unsaturated/α-hetero) is 1. The average molecular weight is 310 g/mol. The van der Waals surface area contributed by atoms with Gasteiger partial charge in [0.2, 0.25) is 5.91 Å². The molecule has 0 aliphatic heterocycles. The summed E-state index contributed by atoms with van der Waals surface area (Å²) in [6.45, 7) is 3.16. The molecule has 2 aromatic rings. The largest absolute Gasteiger partial charge is 0.343 e. The molecule has 118 valence electrons. The number of nitrogens with one attached hydrogen (secondary N) is 2. The van der Waals surface area contributed by atoms with Gasteiger partial charge in [-0.2, -0.15) is 0 Å². The molecule has 0 unspecified atom stereocenters. The molecule has 2 rings (SSSR count). The second kappa shape index (κ2) is 7.35. The molecule has 0 saturated carbocycles. The predicted octanol–water partition coefficient (Wildman–Crippen LogP) is 2.57. The number of aryl methyl sites for hydroxylation is 1. The number of rotatable bonds is 5. The summed E-state index contributed by atoms with van der Waals surface area (Å²) in [5.41, 5.74) is 2.43. The maximum Gasteiger partial charge on any atom is 0.251 e. The van der Waals surface area contributed by atoms with Crippen molar-refractivity contribution in [1.29, 1.82) is 0 Å². The van der Waals surface area contributed by atoms with Crippen LogP contribution in [-0.4, -0.2) is 24.1 Å². The summed E-state index contributed by atoms with van der Waals surface area (Å²) in [5.74, 6) is -0.725. The van der Waals surface area contributed by atoms with E-state index in [-0.39, 0.29) is 24.1 Å². The highest BCUT2D eigenvalue weighted by Crippen LogP contribution is 2.11. The van der Waals surface area contributed by atoms with Crippen LogP contribution in [0, 0.1) is 6.92 Å². The number of hydrogen-bond donors (Lipinski definition) is 2. The Morgan fingerprint density at radius 2 is 1.74 bits per heavy atom. The zero-order valence-corrected chi connectivity index (χ0v) is 13.1. The summed E-state index contributed by atoms with van der Waals surface area (Å²) in [6, 6.07) is 13.8. The SMILES string of the molecule is CC(=O)c1cccc(NC(=O)CNC(=O)c2ccccc2C)c1. The molecule has 2 N–H and O–H groups in total. The third kappa shape index (κ3) is 4.51. The standard InChI is InChI=1S/C18H18N2O3/c1-12-6-3-4-9-16(12)18(23)19-11-17(22)20-15-8-5-7-14(10-15)13(2)21/h3-10H,11H2,1-2H3,(H,19,23)(H,20,22). The number of anilines is 1. The van der Waals surface area contributed by atoms with Gasteiger partial charge >= 0.3 is 0 Å². The van der Waals surface area contributed by atoms with Gasteiger partial charge in [-0.15, -0.1) is 0 Å². The summed E-state index contributed by atoms with van der Waals surface area (Å²) in [6.07, 6.45) is 0. The highest BCUT2D eigenvalue weighted by molar-refractivity contribution is 6.01. The van der Waals surface area contributed by atoms with Gasteiger partial charge in [-0.25, -0.2) is 0 Å². The molecule has 2 amide bonds. The maximum atomic E-state index is 12.0. The van der Waals surface area contributed by atoms with Crippen LogP contribution in [0.4, 0.5) is 5.69 Å². The minimum Gasteiger partial charge on any atom is -0.343 e. The van der Waals surface area contributed by atoms with Crippen LogP contribution in [0.25, 0.3) is 0 Å². The Labute approximate surface area is 134 Å². The highest BCUT2D eigenvalue weighted by Gasteiger charge is 2.10. The Morgan fingerprint density at radius 1 is 1.00 bits per heavy atom. The quantitative estimate of drug-likeness (QED) is 0.833. The van der Waals surface area contributed by atoms with Crippen molar-refractivity contribution in [3.05, 3.63) is 65.2 Å². The van der Waals surface area contributed by atoms with Crippen molar-refractivity contribution in [1.82, 2.24) is 5.32 Å². The number of ketones is 1. The number of carbonyl (C=O) groups excluding carboxylic acids is 3. The second-order valence-electron chi connectivity index (χ2n) is 5.18. The number of benzene rings is 2. The predicted molar refractivity (Wildman–Crippen MR) is 88.6 cm³/mol. The zero-order chi connectivity index (χ0) is 16.8. The van der Waals surface area contributed by atoms with Gasteiger partial charge in [-0.1, -0.05) is 30.3 Å². The fourth-order valence-electron chi connectivity index (χ4n) is 2.10. The van der Waals surface area contributed by atoms with Gasteiger partial charge in [0.1, 0.15) is 0 Å². The monoisotopic (exact) mass is 310 g/mol. The van der Waals surface area contributed by atoms with Crippen molar-refractivity contribution in [2.75, 3.05) is 11.9 Å². The Hall–Kier alpha value is -2.95. The molecule has 0 heterocycles. The molecule has 0 atom stereocenters. The molecule has 0 aliphatic rings. The van der Waals surface area contributed by atoms with Gasteiger partial charge < -0.3 is 10.6 Å². The van der Waals surface area contributed by atoms with Crippen molar-refractivity contribution in [2.45, 2.75) is 13.8 Å². The molecule has 23 heavy (non-hydrogen) atoms. The first-order valence-corrected chi connectivity index (χ1v) is 7.22. The highest BCUT2D eigenvalue weighted by atomic mass is 16.2. The Morgan fingerprint density at radius 3 is 2.43 bits per heavy atom. The summed E-state index contributed by atoms with van der Waals surface area (Å²) in [4.78, 5) is 35.3. The van der Waals surface area contributed by atoms with Gasteiger partial charge in [0.25, 0.3) is 5.91 Å². The first-order valence-electron chi connectivity index (χ1n) is 7.22. The normalized spacial score (nSPS) is 10.0. The van der Waals surface area contributed by atoms with Crippen LogP contribution in [-0.2, 0) is 4.79 Å². The Kier molecular flexibility index (Phi) is 5.25. The van der Waals surface area contributed by atoms with E-state index in [1.165, 1.54) is 6.92 Å². The smallest absolute Gasteiger partial charge is 0.251 e. The topological polar surface area (TPSA) is 75.3 Å². The van der Waals surface area contributed by atoms with Crippen LogP contribution >= 0.6 is 0 Å². The molecule has 0 aliphatic carbocycles. The lowest BCUT2D eigenvalue weighted by Gasteiger charge is -2.09. The molecular weight excluding hydrogens is 292 g/mol.